The zero-order valence-electron chi connectivity index (χ0n) is 9.83. The zero-order valence-corrected chi connectivity index (χ0v) is 15.2. The van der Waals surface area contributed by atoms with Crippen LogP contribution in [-0.2, 0) is 6.42 Å². The van der Waals surface area contributed by atoms with Gasteiger partial charge in [-0.05, 0) is 64.9 Å². The van der Waals surface area contributed by atoms with Crippen molar-refractivity contribution in [3.63, 3.8) is 0 Å². The Morgan fingerprint density at radius 1 is 1.28 bits per heavy atom. The van der Waals surface area contributed by atoms with E-state index in [4.69, 9.17) is 0 Å². The molecule has 1 heterocycles. The summed E-state index contributed by atoms with van der Waals surface area (Å²) < 4.78 is 2.38. The van der Waals surface area contributed by atoms with Gasteiger partial charge in [0.1, 0.15) is 0 Å². The lowest BCUT2D eigenvalue weighted by atomic mass is 10.1. The van der Waals surface area contributed by atoms with Crippen LogP contribution in [0, 0.1) is 10.5 Å². The van der Waals surface area contributed by atoms with Crippen LogP contribution in [0.25, 0.3) is 0 Å². The molecule has 0 aliphatic rings. The van der Waals surface area contributed by atoms with E-state index in [1.54, 1.807) is 0 Å². The third kappa shape index (κ3) is 3.78. The molecule has 94 valence electrons. The first-order chi connectivity index (χ1) is 8.56. The molecular formula is C14H12Br2IN. The second kappa shape index (κ2) is 6.48. The molecule has 0 amide bonds. The molecule has 0 saturated carbocycles. The number of nitrogens with zero attached hydrogens (tertiary/aromatic N) is 1. The lowest BCUT2D eigenvalue weighted by Crippen LogP contribution is -2.00. The molecule has 1 unspecified atom stereocenters. The van der Waals surface area contributed by atoms with Crippen LogP contribution in [0.3, 0.4) is 0 Å². The Balaban J connectivity index is 2.18. The molecule has 0 radical (unpaired) electrons. The maximum Gasteiger partial charge on any atom is 0.0461 e. The first-order valence-corrected chi connectivity index (χ1v) is 8.35. The second-order valence-electron chi connectivity index (χ2n) is 4.16. The number of hydrogen-bond acceptors (Lipinski definition) is 1. The molecule has 4 heteroatoms. The Bertz CT molecular complexity index is 540. The number of pyridine rings is 1. The molecule has 0 spiro atoms. The first-order valence-electron chi connectivity index (χ1n) is 5.57. The van der Waals surface area contributed by atoms with Crippen molar-refractivity contribution in [2.45, 2.75) is 18.2 Å². The van der Waals surface area contributed by atoms with Gasteiger partial charge in [0.05, 0.1) is 0 Å². The smallest absolute Gasteiger partial charge is 0.0461 e. The van der Waals surface area contributed by atoms with Crippen molar-refractivity contribution in [2.24, 2.45) is 0 Å². The monoisotopic (exact) mass is 479 g/mol. The van der Waals surface area contributed by atoms with E-state index in [-0.39, 0.29) is 4.83 Å². The maximum atomic E-state index is 4.45. The van der Waals surface area contributed by atoms with Gasteiger partial charge >= 0.3 is 0 Å². The predicted molar refractivity (Wildman–Crippen MR) is 91.2 cm³/mol. The van der Waals surface area contributed by atoms with Crippen molar-refractivity contribution in [3.05, 3.63) is 61.4 Å². The molecule has 2 rings (SSSR count). The Morgan fingerprint density at radius 3 is 2.72 bits per heavy atom. The van der Waals surface area contributed by atoms with Crippen LogP contribution in [-0.4, -0.2) is 4.98 Å². The molecular weight excluding hydrogens is 469 g/mol. The highest BCUT2D eigenvalue weighted by atomic mass is 127. The van der Waals surface area contributed by atoms with Crippen LogP contribution in [0.1, 0.15) is 21.6 Å². The summed E-state index contributed by atoms with van der Waals surface area (Å²) in [5, 5.41) is 0. The van der Waals surface area contributed by atoms with Gasteiger partial charge in [-0.1, -0.05) is 37.9 Å². The van der Waals surface area contributed by atoms with Crippen LogP contribution >= 0.6 is 54.5 Å². The highest BCUT2D eigenvalue weighted by Gasteiger charge is 2.13. The number of benzene rings is 1. The molecule has 1 aromatic carbocycles. The number of rotatable bonds is 3. The molecule has 1 aromatic heterocycles. The molecule has 18 heavy (non-hydrogen) atoms. The van der Waals surface area contributed by atoms with Crippen molar-refractivity contribution in [1.29, 1.82) is 0 Å². The average Bonchev–Trinajstić information content (AvgIpc) is 2.35. The number of alkyl halides is 1. The van der Waals surface area contributed by atoms with Gasteiger partial charge in [0, 0.05) is 31.2 Å². The van der Waals surface area contributed by atoms with Crippen molar-refractivity contribution in [1.82, 2.24) is 4.98 Å². The average molecular weight is 481 g/mol. The van der Waals surface area contributed by atoms with E-state index in [2.05, 4.69) is 96.7 Å². The number of hydrogen-bond donors (Lipinski definition) is 0. The number of aryl methyl sites for hydroxylation is 1. The van der Waals surface area contributed by atoms with Crippen LogP contribution in [0.15, 0.2) is 41.0 Å². The summed E-state index contributed by atoms with van der Waals surface area (Å²) in [6.07, 6.45) is 2.81. The van der Waals surface area contributed by atoms with Crippen molar-refractivity contribution >= 4 is 54.5 Å². The third-order valence-electron chi connectivity index (χ3n) is 2.66. The van der Waals surface area contributed by atoms with Crippen molar-refractivity contribution in [2.75, 3.05) is 0 Å². The number of aromatic nitrogens is 1. The van der Waals surface area contributed by atoms with Gasteiger partial charge in [0.2, 0.25) is 0 Å². The summed E-state index contributed by atoms with van der Waals surface area (Å²) in [5.41, 5.74) is 3.60. The fourth-order valence-corrected chi connectivity index (χ4v) is 3.90. The molecule has 0 N–H and O–H groups in total. The van der Waals surface area contributed by atoms with E-state index >= 15 is 0 Å². The lowest BCUT2D eigenvalue weighted by molar-refractivity contribution is 0.897. The van der Waals surface area contributed by atoms with E-state index in [0.29, 0.717) is 0 Å². The third-order valence-corrected chi connectivity index (χ3v) is 4.95. The Labute approximate surface area is 138 Å². The molecule has 2 aromatic rings. The summed E-state index contributed by atoms with van der Waals surface area (Å²) in [6, 6.07) is 10.5. The minimum Gasteiger partial charge on any atom is -0.261 e. The number of halogens is 3. The van der Waals surface area contributed by atoms with Gasteiger partial charge in [-0.3, -0.25) is 4.98 Å². The fraction of sp³-hybridized carbons (Fsp3) is 0.214. The van der Waals surface area contributed by atoms with Gasteiger partial charge in [0.15, 0.2) is 0 Å². The molecule has 0 bridgehead atoms. The maximum absolute atomic E-state index is 4.45. The second-order valence-corrected chi connectivity index (χ2v) is 7.35. The largest absolute Gasteiger partial charge is 0.261 e. The summed E-state index contributed by atoms with van der Waals surface area (Å²) >= 11 is 9.65. The topological polar surface area (TPSA) is 12.9 Å². The minimum absolute atomic E-state index is 0.289. The molecule has 1 atom stereocenters. The van der Waals surface area contributed by atoms with E-state index < -0.39 is 0 Å². The van der Waals surface area contributed by atoms with Crippen LogP contribution in [0.2, 0.25) is 0 Å². The zero-order chi connectivity index (χ0) is 13.1. The van der Waals surface area contributed by atoms with E-state index in [1.165, 1.54) is 14.7 Å². The molecule has 1 nitrogen and oxygen atoms in total. The molecule has 0 aliphatic carbocycles. The van der Waals surface area contributed by atoms with E-state index in [9.17, 15) is 0 Å². The van der Waals surface area contributed by atoms with Gasteiger partial charge in [-0.25, -0.2) is 0 Å². The SMILES string of the molecule is Cc1ccc(CC(Br)c2cc(Br)ccc2I)nc1. The summed E-state index contributed by atoms with van der Waals surface area (Å²) in [4.78, 5) is 4.74. The van der Waals surface area contributed by atoms with E-state index in [0.717, 1.165) is 16.6 Å². The van der Waals surface area contributed by atoms with Gasteiger partial charge < -0.3 is 0 Å². The van der Waals surface area contributed by atoms with Crippen molar-refractivity contribution in [3.8, 4) is 0 Å². The quantitative estimate of drug-likeness (QED) is 0.421. The van der Waals surface area contributed by atoms with Crippen LogP contribution in [0.4, 0.5) is 0 Å². The highest BCUT2D eigenvalue weighted by molar-refractivity contribution is 14.1. The fourth-order valence-electron chi connectivity index (χ4n) is 1.67. The Hall–Kier alpha value is 0.0600. The molecule has 0 fully saturated rings. The molecule has 0 saturated heterocycles. The standard InChI is InChI=1S/C14H12Br2IN/c1-9-2-4-11(18-8-9)7-13(16)12-6-10(15)3-5-14(12)17/h2-6,8,13H,7H2,1H3. The van der Waals surface area contributed by atoms with Gasteiger partial charge in [-0.2, -0.15) is 0 Å². The predicted octanol–water partition coefficient (Wildman–Crippen LogP) is 5.44. The lowest BCUT2D eigenvalue weighted by Gasteiger charge is -2.12. The summed E-state index contributed by atoms with van der Waals surface area (Å²) in [5.74, 6) is 0. The van der Waals surface area contributed by atoms with Gasteiger partial charge in [0.25, 0.3) is 0 Å². The first kappa shape index (κ1) is 14.5. The van der Waals surface area contributed by atoms with Crippen molar-refractivity contribution < 1.29 is 0 Å². The normalized spacial score (nSPS) is 12.4. The van der Waals surface area contributed by atoms with Crippen LogP contribution < -0.4 is 0 Å². The Morgan fingerprint density at radius 2 is 2.06 bits per heavy atom. The minimum atomic E-state index is 0.289. The summed E-state index contributed by atoms with van der Waals surface area (Å²) in [6.45, 7) is 2.06. The van der Waals surface area contributed by atoms with Gasteiger partial charge in [-0.15, -0.1) is 0 Å². The van der Waals surface area contributed by atoms with Crippen LogP contribution in [0.5, 0.6) is 0 Å². The highest BCUT2D eigenvalue weighted by Crippen LogP contribution is 2.32. The summed E-state index contributed by atoms with van der Waals surface area (Å²) in [7, 11) is 0. The Kier molecular flexibility index (Phi) is 5.21. The molecule has 0 aliphatic heterocycles. The van der Waals surface area contributed by atoms with E-state index in [1.807, 2.05) is 6.20 Å².